The highest BCUT2D eigenvalue weighted by Crippen LogP contribution is 2.29. The van der Waals surface area contributed by atoms with Gasteiger partial charge in [0.1, 0.15) is 0 Å². The normalized spacial score (nSPS) is 11.2. The lowest BCUT2D eigenvalue weighted by Gasteiger charge is -2.05. The predicted octanol–water partition coefficient (Wildman–Crippen LogP) is 3.42. The number of rotatable bonds is 5. The molecule has 1 aromatic carbocycles. The van der Waals surface area contributed by atoms with Crippen molar-refractivity contribution in [1.29, 1.82) is 0 Å². The van der Waals surface area contributed by atoms with Gasteiger partial charge in [0.2, 0.25) is 5.82 Å². The molecule has 3 aromatic rings. The first-order valence-electron chi connectivity index (χ1n) is 6.72. The third-order valence-corrected chi connectivity index (χ3v) is 4.68. The second-order valence-electron chi connectivity index (χ2n) is 4.60. The monoisotopic (exact) mass is 418 g/mol. The SMILES string of the molecule is CCCSc1nonc1-c1noc(=O)n1-c1cc(F)c(F)c(Br)c1. The van der Waals surface area contributed by atoms with Crippen LogP contribution in [0, 0.1) is 11.6 Å². The van der Waals surface area contributed by atoms with E-state index in [9.17, 15) is 13.6 Å². The minimum Gasteiger partial charge on any atom is -0.295 e. The lowest BCUT2D eigenvalue weighted by molar-refractivity contribution is 0.299. The van der Waals surface area contributed by atoms with Gasteiger partial charge in [0.15, 0.2) is 22.4 Å². The first-order valence-corrected chi connectivity index (χ1v) is 8.50. The van der Waals surface area contributed by atoms with Gasteiger partial charge < -0.3 is 0 Å². The summed E-state index contributed by atoms with van der Waals surface area (Å²) in [5.41, 5.74) is 0.205. The van der Waals surface area contributed by atoms with Gasteiger partial charge in [-0.05, 0) is 44.5 Å². The Balaban J connectivity index is 2.14. The smallest absolute Gasteiger partial charge is 0.295 e. The van der Waals surface area contributed by atoms with Crippen molar-refractivity contribution in [2.45, 2.75) is 18.4 Å². The van der Waals surface area contributed by atoms with Crippen LogP contribution in [0.4, 0.5) is 8.78 Å². The van der Waals surface area contributed by atoms with Crippen LogP contribution in [0.2, 0.25) is 0 Å². The molecule has 0 aliphatic heterocycles. The lowest BCUT2D eigenvalue weighted by atomic mass is 10.3. The van der Waals surface area contributed by atoms with Crippen molar-refractivity contribution in [3.8, 4) is 17.2 Å². The van der Waals surface area contributed by atoms with Crippen molar-refractivity contribution in [3.63, 3.8) is 0 Å². The third-order valence-electron chi connectivity index (χ3n) is 2.94. The van der Waals surface area contributed by atoms with E-state index < -0.39 is 17.4 Å². The van der Waals surface area contributed by atoms with E-state index >= 15 is 0 Å². The second-order valence-corrected chi connectivity index (χ2v) is 6.54. The Morgan fingerprint density at radius 3 is 2.79 bits per heavy atom. The summed E-state index contributed by atoms with van der Waals surface area (Å²) in [5, 5.41) is 11.6. The molecule has 7 nitrogen and oxygen atoms in total. The van der Waals surface area contributed by atoms with E-state index in [1.165, 1.54) is 17.8 Å². The van der Waals surface area contributed by atoms with E-state index in [1.807, 2.05) is 6.92 Å². The zero-order valence-electron chi connectivity index (χ0n) is 12.1. The molecule has 0 spiro atoms. The van der Waals surface area contributed by atoms with Crippen LogP contribution in [0.15, 0.2) is 35.6 Å². The predicted molar refractivity (Wildman–Crippen MR) is 84.0 cm³/mol. The van der Waals surface area contributed by atoms with Crippen LogP contribution < -0.4 is 5.76 Å². The molecule has 0 aliphatic carbocycles. The number of benzene rings is 1. The maximum Gasteiger partial charge on any atom is 0.446 e. The zero-order valence-corrected chi connectivity index (χ0v) is 14.5. The molecule has 0 atom stereocenters. The highest BCUT2D eigenvalue weighted by Gasteiger charge is 2.24. The van der Waals surface area contributed by atoms with Crippen molar-refractivity contribution < 1.29 is 17.9 Å². The summed E-state index contributed by atoms with van der Waals surface area (Å²) < 4.78 is 37.3. The van der Waals surface area contributed by atoms with Crippen LogP contribution in [-0.4, -0.2) is 25.8 Å². The largest absolute Gasteiger partial charge is 0.446 e. The summed E-state index contributed by atoms with van der Waals surface area (Å²) in [4.78, 5) is 12.0. The van der Waals surface area contributed by atoms with Crippen LogP contribution in [0.25, 0.3) is 17.2 Å². The molecular weight excluding hydrogens is 410 g/mol. The van der Waals surface area contributed by atoms with E-state index in [-0.39, 0.29) is 21.7 Å². The molecule has 0 N–H and O–H groups in total. The Morgan fingerprint density at radius 2 is 2.08 bits per heavy atom. The molecule has 0 fully saturated rings. The summed E-state index contributed by atoms with van der Waals surface area (Å²) in [6.45, 7) is 1.99. The lowest BCUT2D eigenvalue weighted by Crippen LogP contribution is -2.14. The fourth-order valence-electron chi connectivity index (χ4n) is 1.91. The maximum absolute atomic E-state index is 13.7. The van der Waals surface area contributed by atoms with E-state index in [0.717, 1.165) is 22.8 Å². The van der Waals surface area contributed by atoms with Crippen LogP contribution in [0.3, 0.4) is 0 Å². The number of hydrogen-bond acceptors (Lipinski definition) is 7. The van der Waals surface area contributed by atoms with Gasteiger partial charge in [-0.1, -0.05) is 12.1 Å². The summed E-state index contributed by atoms with van der Waals surface area (Å²) >= 11 is 4.26. The molecule has 0 bridgehead atoms. The van der Waals surface area contributed by atoms with Gasteiger partial charge in [-0.15, -0.1) is 11.8 Å². The summed E-state index contributed by atoms with van der Waals surface area (Å²) in [5.74, 6) is -2.33. The van der Waals surface area contributed by atoms with Gasteiger partial charge in [-0.2, -0.15) is 0 Å². The van der Waals surface area contributed by atoms with Crippen LogP contribution in [-0.2, 0) is 0 Å². The Morgan fingerprint density at radius 1 is 1.29 bits per heavy atom. The molecular formula is C13H9BrF2N4O3S. The van der Waals surface area contributed by atoms with Crippen molar-refractivity contribution >= 4 is 27.7 Å². The molecule has 0 amide bonds. The van der Waals surface area contributed by atoms with Crippen molar-refractivity contribution in [1.82, 2.24) is 20.0 Å². The minimum atomic E-state index is -1.13. The quantitative estimate of drug-likeness (QED) is 0.463. The van der Waals surface area contributed by atoms with Gasteiger partial charge in [-0.3, -0.25) is 4.52 Å². The highest BCUT2D eigenvalue weighted by atomic mass is 79.9. The molecule has 2 heterocycles. The second kappa shape index (κ2) is 6.85. The number of halogens is 3. The minimum absolute atomic E-state index is 0.0160. The molecule has 0 unspecified atom stereocenters. The van der Waals surface area contributed by atoms with Crippen LogP contribution in [0.5, 0.6) is 0 Å². The van der Waals surface area contributed by atoms with E-state index in [1.54, 1.807) is 0 Å². The Bertz CT molecular complexity index is 916. The Labute approximate surface area is 146 Å². The summed E-state index contributed by atoms with van der Waals surface area (Å²) in [6, 6.07) is 2.08. The molecule has 3 rings (SSSR count). The molecule has 0 saturated carbocycles. The van der Waals surface area contributed by atoms with Crippen LogP contribution in [0.1, 0.15) is 13.3 Å². The van der Waals surface area contributed by atoms with Gasteiger partial charge in [0.25, 0.3) is 0 Å². The Hall–Kier alpha value is -2.01. The zero-order chi connectivity index (χ0) is 17.3. The molecule has 24 heavy (non-hydrogen) atoms. The first-order chi connectivity index (χ1) is 11.5. The van der Waals surface area contributed by atoms with E-state index in [2.05, 4.69) is 35.9 Å². The van der Waals surface area contributed by atoms with Gasteiger partial charge >= 0.3 is 5.76 Å². The highest BCUT2D eigenvalue weighted by molar-refractivity contribution is 9.10. The number of nitrogens with zero attached hydrogens (tertiary/aromatic N) is 4. The molecule has 2 aromatic heterocycles. The standard InChI is InChI=1S/C13H9BrF2N4O3S/c1-2-3-24-12-10(17-23-19-12)11-18-22-13(21)20(11)6-4-7(14)9(16)8(15)5-6/h4-5H,2-3H2,1H3. The van der Waals surface area contributed by atoms with Crippen LogP contribution >= 0.6 is 27.7 Å². The first kappa shape index (κ1) is 16.8. The molecule has 0 saturated heterocycles. The van der Waals surface area contributed by atoms with E-state index in [4.69, 9.17) is 4.63 Å². The molecule has 0 radical (unpaired) electrons. The maximum atomic E-state index is 13.7. The topological polar surface area (TPSA) is 87.0 Å². The number of hydrogen-bond donors (Lipinski definition) is 0. The summed E-state index contributed by atoms with van der Waals surface area (Å²) in [6.07, 6.45) is 0.888. The molecule has 0 aliphatic rings. The van der Waals surface area contributed by atoms with Crippen molar-refractivity contribution in [2.75, 3.05) is 5.75 Å². The van der Waals surface area contributed by atoms with Gasteiger partial charge in [0, 0.05) is 6.07 Å². The van der Waals surface area contributed by atoms with Gasteiger partial charge in [-0.25, -0.2) is 22.8 Å². The number of aromatic nitrogens is 4. The van der Waals surface area contributed by atoms with Crippen molar-refractivity contribution in [2.24, 2.45) is 0 Å². The van der Waals surface area contributed by atoms with E-state index in [0.29, 0.717) is 5.03 Å². The average Bonchev–Trinajstić information content (AvgIpc) is 3.16. The summed E-state index contributed by atoms with van der Waals surface area (Å²) in [7, 11) is 0. The van der Waals surface area contributed by atoms with Crippen molar-refractivity contribution in [3.05, 3.63) is 38.8 Å². The fraction of sp³-hybridized carbons (Fsp3) is 0.231. The Kier molecular flexibility index (Phi) is 4.81. The molecule has 126 valence electrons. The third kappa shape index (κ3) is 3.00. The van der Waals surface area contributed by atoms with Gasteiger partial charge in [0.05, 0.1) is 10.2 Å². The average molecular weight is 419 g/mol. The molecule has 11 heteroatoms. The fourth-order valence-corrected chi connectivity index (χ4v) is 3.08. The number of thioether (sulfide) groups is 1.